The van der Waals surface area contributed by atoms with E-state index in [1.54, 1.807) is 0 Å². The van der Waals surface area contributed by atoms with Gasteiger partial charge in [0.05, 0.1) is 11.4 Å². The Morgan fingerprint density at radius 3 is 2.47 bits per heavy atom. The highest BCUT2D eigenvalue weighted by molar-refractivity contribution is 5.68. The lowest BCUT2D eigenvalue weighted by molar-refractivity contribution is 0.749. The average molecular weight is 229 g/mol. The third-order valence-electron chi connectivity index (χ3n) is 3.21. The molecule has 0 amide bonds. The van der Waals surface area contributed by atoms with Crippen molar-refractivity contribution in [3.05, 3.63) is 40.6 Å². The number of hydrogen-bond donors (Lipinski definition) is 1. The molecule has 0 aliphatic carbocycles. The predicted molar refractivity (Wildman–Crippen MR) is 70.7 cm³/mol. The van der Waals surface area contributed by atoms with Gasteiger partial charge in [0.25, 0.3) is 0 Å². The largest absolute Gasteiger partial charge is 0.325 e. The van der Waals surface area contributed by atoms with E-state index in [0.29, 0.717) is 6.54 Å². The minimum atomic E-state index is 0.491. The summed E-state index contributed by atoms with van der Waals surface area (Å²) in [6.45, 7) is 6.82. The van der Waals surface area contributed by atoms with E-state index >= 15 is 0 Å². The van der Waals surface area contributed by atoms with Crippen LogP contribution in [0.15, 0.2) is 18.2 Å². The Morgan fingerprint density at radius 1 is 1.24 bits per heavy atom. The molecule has 0 radical (unpaired) electrons. The summed E-state index contributed by atoms with van der Waals surface area (Å²) in [6, 6.07) is 6.50. The number of hydrogen-bond acceptors (Lipinski definition) is 2. The van der Waals surface area contributed by atoms with E-state index in [4.69, 9.17) is 5.73 Å². The molecule has 17 heavy (non-hydrogen) atoms. The standard InChI is InChI=1S/C14H19N3/c1-9-5-6-12(10(2)7-9)14-11(3)13(8-15)16-17(14)4/h5-7H,8,15H2,1-4H3. The van der Waals surface area contributed by atoms with Gasteiger partial charge in [-0.25, -0.2) is 0 Å². The van der Waals surface area contributed by atoms with Crippen LogP contribution in [0.4, 0.5) is 0 Å². The molecule has 1 aromatic heterocycles. The smallest absolute Gasteiger partial charge is 0.0795 e. The van der Waals surface area contributed by atoms with Gasteiger partial charge < -0.3 is 5.73 Å². The van der Waals surface area contributed by atoms with Crippen molar-refractivity contribution in [3.8, 4) is 11.3 Å². The van der Waals surface area contributed by atoms with Crippen LogP contribution in [0.2, 0.25) is 0 Å². The third kappa shape index (κ3) is 1.98. The Balaban J connectivity index is 2.64. The first-order valence-corrected chi connectivity index (χ1v) is 5.84. The van der Waals surface area contributed by atoms with E-state index in [2.05, 4.69) is 44.1 Å². The molecule has 1 heterocycles. The summed E-state index contributed by atoms with van der Waals surface area (Å²) < 4.78 is 1.93. The summed E-state index contributed by atoms with van der Waals surface area (Å²) in [5, 5.41) is 4.46. The fourth-order valence-electron chi connectivity index (χ4n) is 2.33. The first kappa shape index (κ1) is 11.9. The van der Waals surface area contributed by atoms with E-state index < -0.39 is 0 Å². The lowest BCUT2D eigenvalue weighted by Gasteiger charge is -2.08. The molecular weight excluding hydrogens is 210 g/mol. The van der Waals surface area contributed by atoms with Crippen LogP contribution in [0.1, 0.15) is 22.4 Å². The van der Waals surface area contributed by atoms with Crippen LogP contribution >= 0.6 is 0 Å². The molecule has 0 spiro atoms. The van der Waals surface area contributed by atoms with E-state index in [1.165, 1.54) is 27.9 Å². The van der Waals surface area contributed by atoms with E-state index in [-0.39, 0.29) is 0 Å². The van der Waals surface area contributed by atoms with Gasteiger partial charge in [-0.1, -0.05) is 23.8 Å². The molecule has 3 nitrogen and oxygen atoms in total. The van der Waals surface area contributed by atoms with Gasteiger partial charge in [-0.3, -0.25) is 4.68 Å². The normalized spacial score (nSPS) is 10.9. The second-order valence-electron chi connectivity index (χ2n) is 4.57. The van der Waals surface area contributed by atoms with E-state index in [1.807, 2.05) is 11.7 Å². The molecule has 2 N–H and O–H groups in total. The molecular formula is C14H19N3. The van der Waals surface area contributed by atoms with Gasteiger partial charge in [-0.05, 0) is 31.9 Å². The zero-order valence-electron chi connectivity index (χ0n) is 10.9. The van der Waals surface area contributed by atoms with E-state index in [9.17, 15) is 0 Å². The second kappa shape index (κ2) is 4.34. The van der Waals surface area contributed by atoms with Crippen molar-refractivity contribution in [2.45, 2.75) is 27.3 Å². The Hall–Kier alpha value is -1.61. The van der Waals surface area contributed by atoms with Crippen LogP contribution in [0.5, 0.6) is 0 Å². The zero-order valence-corrected chi connectivity index (χ0v) is 10.9. The fourth-order valence-corrected chi connectivity index (χ4v) is 2.33. The quantitative estimate of drug-likeness (QED) is 0.859. The van der Waals surface area contributed by atoms with Crippen LogP contribution in [-0.4, -0.2) is 9.78 Å². The molecule has 0 atom stereocenters. The summed E-state index contributed by atoms with van der Waals surface area (Å²) >= 11 is 0. The number of rotatable bonds is 2. The maximum Gasteiger partial charge on any atom is 0.0795 e. The number of nitrogens with zero attached hydrogens (tertiary/aromatic N) is 2. The first-order valence-electron chi connectivity index (χ1n) is 5.84. The van der Waals surface area contributed by atoms with Crippen LogP contribution in [0.3, 0.4) is 0 Å². The van der Waals surface area contributed by atoms with Crippen LogP contribution in [0.25, 0.3) is 11.3 Å². The van der Waals surface area contributed by atoms with Crippen molar-refractivity contribution in [3.63, 3.8) is 0 Å². The van der Waals surface area contributed by atoms with Crippen LogP contribution < -0.4 is 5.73 Å². The monoisotopic (exact) mass is 229 g/mol. The lowest BCUT2D eigenvalue weighted by atomic mass is 10.00. The summed E-state index contributed by atoms with van der Waals surface area (Å²) in [7, 11) is 1.97. The highest BCUT2D eigenvalue weighted by Gasteiger charge is 2.14. The highest BCUT2D eigenvalue weighted by atomic mass is 15.3. The Morgan fingerprint density at radius 2 is 1.94 bits per heavy atom. The Kier molecular flexibility index (Phi) is 3.03. The molecule has 90 valence electrons. The number of aryl methyl sites for hydroxylation is 3. The van der Waals surface area contributed by atoms with Gasteiger partial charge in [0.2, 0.25) is 0 Å². The molecule has 2 aromatic rings. The first-order chi connectivity index (χ1) is 8.04. The van der Waals surface area contributed by atoms with Gasteiger partial charge in [0, 0.05) is 19.2 Å². The summed E-state index contributed by atoms with van der Waals surface area (Å²) in [4.78, 5) is 0. The van der Waals surface area contributed by atoms with Crippen molar-refractivity contribution in [1.29, 1.82) is 0 Å². The van der Waals surface area contributed by atoms with Crippen molar-refractivity contribution >= 4 is 0 Å². The van der Waals surface area contributed by atoms with Crippen molar-refractivity contribution in [2.75, 3.05) is 0 Å². The summed E-state index contributed by atoms with van der Waals surface area (Å²) in [5.41, 5.74) is 12.8. The minimum Gasteiger partial charge on any atom is -0.325 e. The van der Waals surface area contributed by atoms with Gasteiger partial charge in [0.1, 0.15) is 0 Å². The molecule has 0 saturated carbocycles. The van der Waals surface area contributed by atoms with Crippen molar-refractivity contribution in [1.82, 2.24) is 9.78 Å². The van der Waals surface area contributed by atoms with E-state index in [0.717, 1.165) is 5.69 Å². The Bertz CT molecular complexity index is 553. The van der Waals surface area contributed by atoms with Gasteiger partial charge in [-0.15, -0.1) is 0 Å². The van der Waals surface area contributed by atoms with Crippen molar-refractivity contribution in [2.24, 2.45) is 12.8 Å². The van der Waals surface area contributed by atoms with Gasteiger partial charge >= 0.3 is 0 Å². The number of benzene rings is 1. The number of aromatic nitrogens is 2. The average Bonchev–Trinajstić information content (AvgIpc) is 2.55. The summed E-state index contributed by atoms with van der Waals surface area (Å²) in [5.74, 6) is 0. The van der Waals surface area contributed by atoms with Gasteiger partial charge in [0.15, 0.2) is 0 Å². The number of nitrogens with two attached hydrogens (primary N) is 1. The SMILES string of the molecule is Cc1ccc(-c2c(C)c(CN)nn2C)c(C)c1. The molecule has 0 unspecified atom stereocenters. The molecule has 3 heteroatoms. The highest BCUT2D eigenvalue weighted by Crippen LogP contribution is 2.28. The Labute approximate surface area is 102 Å². The molecule has 1 aromatic carbocycles. The minimum absolute atomic E-state index is 0.491. The third-order valence-corrected chi connectivity index (χ3v) is 3.21. The van der Waals surface area contributed by atoms with Crippen LogP contribution in [0, 0.1) is 20.8 Å². The second-order valence-corrected chi connectivity index (χ2v) is 4.57. The lowest BCUT2D eigenvalue weighted by Crippen LogP contribution is -1.99. The summed E-state index contributed by atoms with van der Waals surface area (Å²) in [6.07, 6.45) is 0. The molecule has 0 aliphatic heterocycles. The topological polar surface area (TPSA) is 43.8 Å². The molecule has 0 aliphatic rings. The maximum absolute atomic E-state index is 5.70. The van der Waals surface area contributed by atoms with Gasteiger partial charge in [-0.2, -0.15) is 5.10 Å². The maximum atomic E-state index is 5.70. The van der Waals surface area contributed by atoms with Crippen molar-refractivity contribution < 1.29 is 0 Å². The predicted octanol–water partition coefficient (Wildman–Crippen LogP) is 2.47. The van der Waals surface area contributed by atoms with Crippen LogP contribution in [-0.2, 0) is 13.6 Å². The molecule has 2 rings (SSSR count). The molecule has 0 saturated heterocycles. The fraction of sp³-hybridized carbons (Fsp3) is 0.357. The zero-order chi connectivity index (χ0) is 12.6. The molecule has 0 fully saturated rings. The molecule has 0 bridgehead atoms.